The number of hydrogen-bond donors (Lipinski definition) is 3. The number of fused-ring (bicyclic) bond motifs is 3. The van der Waals surface area contributed by atoms with Crippen molar-refractivity contribution in [2.75, 3.05) is 19.7 Å². The monoisotopic (exact) mass is 478 g/mol. The van der Waals surface area contributed by atoms with E-state index in [1.54, 1.807) is 0 Å². The maximum absolute atomic E-state index is 12.8. The molecule has 1 unspecified atom stereocenters. The molecule has 0 aromatic heterocycles. The largest absolute Gasteiger partial charge is 0.480 e. The van der Waals surface area contributed by atoms with Gasteiger partial charge >= 0.3 is 12.1 Å². The summed E-state index contributed by atoms with van der Waals surface area (Å²) in [4.78, 5) is 38.1. The van der Waals surface area contributed by atoms with Crippen molar-refractivity contribution in [3.8, 4) is 11.1 Å². The van der Waals surface area contributed by atoms with Crippen molar-refractivity contribution in [2.45, 2.75) is 43.7 Å². The van der Waals surface area contributed by atoms with Crippen LogP contribution in [0.1, 0.15) is 42.7 Å². The van der Waals surface area contributed by atoms with Crippen LogP contribution in [-0.2, 0) is 14.3 Å². The highest BCUT2D eigenvalue weighted by atomic mass is 16.5. The summed E-state index contributed by atoms with van der Waals surface area (Å²) in [6, 6.07) is 15.3. The second kappa shape index (κ2) is 9.70. The molecule has 1 saturated heterocycles. The number of β-amino-alcohol motifs (C(OH)–C–C–N with tert-alkyl or cyclic N) is 1. The first-order valence-electron chi connectivity index (χ1n) is 12.2. The molecule has 2 amide bonds. The van der Waals surface area contributed by atoms with E-state index in [1.165, 1.54) is 4.90 Å². The molecule has 2 aromatic rings. The maximum Gasteiger partial charge on any atom is 0.407 e. The van der Waals surface area contributed by atoms with Crippen LogP contribution in [0.25, 0.3) is 11.1 Å². The zero-order valence-electron chi connectivity index (χ0n) is 19.4. The number of ether oxygens (including phenoxy) is 1. The molecule has 1 aliphatic heterocycles. The average Bonchev–Trinajstić information content (AvgIpc) is 3.55. The standard InChI is InChI=1S/C27H30N2O6/c30-18-12-24(26(32)33)29(14-18)25(31)11-17(16-9-10-16)13-28-27(34)35-15-23-21-7-3-1-5-19(21)20-6-2-4-8-22(20)23/h1-8,16-18,23-24,30H,9-15H2,(H,28,34)(H,32,33)/t17?,18-,24-/m0/s1. The third-order valence-electron chi connectivity index (χ3n) is 7.46. The normalized spacial score (nSPS) is 21.8. The Hall–Kier alpha value is -3.39. The average molecular weight is 479 g/mol. The Balaban J connectivity index is 1.16. The topological polar surface area (TPSA) is 116 Å². The van der Waals surface area contributed by atoms with Crippen LogP contribution in [-0.4, -0.2) is 64.9 Å². The molecule has 2 aliphatic carbocycles. The highest BCUT2D eigenvalue weighted by Gasteiger charge is 2.41. The second-order valence-corrected chi connectivity index (χ2v) is 9.80. The van der Waals surface area contributed by atoms with E-state index in [0.29, 0.717) is 12.5 Å². The Kier molecular flexibility index (Phi) is 6.47. The lowest BCUT2D eigenvalue weighted by atomic mass is 9.98. The van der Waals surface area contributed by atoms with Gasteiger partial charge in [-0.25, -0.2) is 9.59 Å². The van der Waals surface area contributed by atoms with E-state index in [4.69, 9.17) is 4.74 Å². The molecule has 2 aromatic carbocycles. The lowest BCUT2D eigenvalue weighted by molar-refractivity contribution is -0.148. The molecule has 8 nitrogen and oxygen atoms in total. The number of likely N-dealkylation sites (tertiary alicyclic amines) is 1. The predicted molar refractivity (Wildman–Crippen MR) is 128 cm³/mol. The number of aliphatic carboxylic acids is 1. The van der Waals surface area contributed by atoms with Gasteiger partial charge in [0.05, 0.1) is 6.10 Å². The fraction of sp³-hybridized carbons (Fsp3) is 0.444. The van der Waals surface area contributed by atoms with Gasteiger partial charge in [0.15, 0.2) is 0 Å². The van der Waals surface area contributed by atoms with Crippen molar-refractivity contribution < 1.29 is 29.3 Å². The number of carbonyl (C=O) groups is 3. The first-order valence-corrected chi connectivity index (χ1v) is 12.2. The minimum atomic E-state index is -1.10. The molecule has 2 fully saturated rings. The molecule has 1 saturated carbocycles. The molecule has 0 spiro atoms. The summed E-state index contributed by atoms with van der Waals surface area (Å²) in [5, 5.41) is 22.0. The summed E-state index contributed by atoms with van der Waals surface area (Å²) in [5.41, 5.74) is 4.61. The number of alkyl carbamates (subject to hydrolysis) is 1. The zero-order valence-corrected chi connectivity index (χ0v) is 19.4. The molecule has 8 heteroatoms. The van der Waals surface area contributed by atoms with E-state index < -0.39 is 24.2 Å². The van der Waals surface area contributed by atoms with Gasteiger partial charge in [-0.1, -0.05) is 48.5 Å². The molecule has 1 heterocycles. The van der Waals surface area contributed by atoms with Crippen LogP contribution >= 0.6 is 0 Å². The van der Waals surface area contributed by atoms with Gasteiger partial charge in [-0.2, -0.15) is 0 Å². The van der Waals surface area contributed by atoms with Crippen molar-refractivity contribution in [3.05, 3.63) is 59.7 Å². The van der Waals surface area contributed by atoms with Gasteiger partial charge in [0.25, 0.3) is 0 Å². The first-order chi connectivity index (χ1) is 16.9. The first kappa shape index (κ1) is 23.4. The molecular weight excluding hydrogens is 448 g/mol. The lowest BCUT2D eigenvalue weighted by Crippen LogP contribution is -2.42. The number of carbonyl (C=O) groups excluding carboxylic acids is 2. The number of aliphatic hydroxyl groups is 1. The quantitative estimate of drug-likeness (QED) is 0.537. The van der Waals surface area contributed by atoms with Gasteiger partial charge in [0.1, 0.15) is 12.6 Å². The highest BCUT2D eigenvalue weighted by molar-refractivity contribution is 5.84. The smallest absolute Gasteiger partial charge is 0.407 e. The number of rotatable bonds is 8. The van der Waals surface area contributed by atoms with Crippen LogP contribution in [0.15, 0.2) is 48.5 Å². The summed E-state index contributed by atoms with van der Waals surface area (Å²) in [7, 11) is 0. The van der Waals surface area contributed by atoms with Gasteiger partial charge < -0.3 is 25.2 Å². The molecule has 5 rings (SSSR count). The minimum Gasteiger partial charge on any atom is -0.480 e. The van der Waals surface area contributed by atoms with E-state index in [1.807, 2.05) is 24.3 Å². The van der Waals surface area contributed by atoms with Crippen LogP contribution in [0.2, 0.25) is 0 Å². The maximum atomic E-state index is 12.8. The number of amides is 2. The van der Waals surface area contributed by atoms with E-state index in [2.05, 4.69) is 29.6 Å². The Morgan fingerprint density at radius 2 is 1.66 bits per heavy atom. The van der Waals surface area contributed by atoms with Gasteiger partial charge in [-0.05, 0) is 46.9 Å². The number of nitrogens with zero attached hydrogens (tertiary/aromatic N) is 1. The van der Waals surface area contributed by atoms with Crippen molar-refractivity contribution >= 4 is 18.0 Å². The third-order valence-corrected chi connectivity index (χ3v) is 7.46. The molecule has 0 radical (unpaired) electrons. The van der Waals surface area contributed by atoms with E-state index in [-0.39, 0.29) is 43.7 Å². The molecule has 184 valence electrons. The molecule has 35 heavy (non-hydrogen) atoms. The number of aliphatic hydroxyl groups excluding tert-OH is 1. The van der Waals surface area contributed by atoms with Gasteiger partial charge in [-0.3, -0.25) is 4.79 Å². The van der Waals surface area contributed by atoms with Crippen molar-refractivity contribution in [3.63, 3.8) is 0 Å². The van der Waals surface area contributed by atoms with Crippen LogP contribution in [0, 0.1) is 11.8 Å². The summed E-state index contributed by atoms with van der Waals surface area (Å²) in [6.45, 7) is 0.549. The van der Waals surface area contributed by atoms with Crippen LogP contribution in [0.3, 0.4) is 0 Å². The fourth-order valence-electron chi connectivity index (χ4n) is 5.50. The van der Waals surface area contributed by atoms with E-state index in [0.717, 1.165) is 35.1 Å². The van der Waals surface area contributed by atoms with Gasteiger partial charge in [0, 0.05) is 31.8 Å². The van der Waals surface area contributed by atoms with E-state index >= 15 is 0 Å². The van der Waals surface area contributed by atoms with E-state index in [9.17, 15) is 24.6 Å². The summed E-state index contributed by atoms with van der Waals surface area (Å²) >= 11 is 0. The Morgan fingerprint density at radius 3 is 2.26 bits per heavy atom. The number of hydrogen-bond acceptors (Lipinski definition) is 5. The van der Waals surface area contributed by atoms with Crippen LogP contribution in [0.5, 0.6) is 0 Å². The second-order valence-electron chi connectivity index (χ2n) is 9.80. The number of carboxylic acids is 1. The predicted octanol–water partition coefficient (Wildman–Crippen LogP) is 2.99. The van der Waals surface area contributed by atoms with Crippen LogP contribution in [0.4, 0.5) is 4.79 Å². The minimum absolute atomic E-state index is 0.0245. The Labute approximate surface area is 203 Å². The number of carboxylic acid groups (broad SMARTS) is 1. The van der Waals surface area contributed by atoms with Crippen molar-refractivity contribution in [1.82, 2.24) is 10.2 Å². The number of benzene rings is 2. The summed E-state index contributed by atoms with van der Waals surface area (Å²) < 4.78 is 5.60. The highest BCUT2D eigenvalue weighted by Crippen LogP contribution is 2.44. The SMILES string of the molecule is O=C(NCC(CC(=O)N1C[C@@H](O)C[C@H]1C(=O)O)C1CC1)OCC1c2ccccc2-c2ccccc21. The van der Waals surface area contributed by atoms with Crippen molar-refractivity contribution in [2.24, 2.45) is 11.8 Å². The summed E-state index contributed by atoms with van der Waals surface area (Å²) in [6.07, 6.45) is 0.811. The van der Waals surface area contributed by atoms with Gasteiger partial charge in [-0.15, -0.1) is 0 Å². The molecule has 0 bridgehead atoms. The lowest BCUT2D eigenvalue weighted by Gasteiger charge is -2.24. The summed E-state index contributed by atoms with van der Waals surface area (Å²) in [5.74, 6) is -1.18. The molecular formula is C27H30N2O6. The Morgan fingerprint density at radius 1 is 1.03 bits per heavy atom. The fourth-order valence-corrected chi connectivity index (χ4v) is 5.50. The molecule has 3 aliphatic rings. The number of nitrogens with one attached hydrogen (secondary N) is 1. The zero-order chi connectivity index (χ0) is 24.5. The van der Waals surface area contributed by atoms with Crippen molar-refractivity contribution in [1.29, 1.82) is 0 Å². The molecule has 3 N–H and O–H groups in total. The van der Waals surface area contributed by atoms with Crippen LogP contribution < -0.4 is 5.32 Å². The van der Waals surface area contributed by atoms with Gasteiger partial charge in [0.2, 0.25) is 5.91 Å². The Bertz CT molecular complexity index is 1080. The molecule has 3 atom stereocenters. The third kappa shape index (κ3) is 4.89.